The third kappa shape index (κ3) is 4.19. The molecule has 0 aromatic carbocycles. The molecule has 20 heteroatoms. The Morgan fingerprint density at radius 3 is 1.34 bits per heavy atom. The van der Waals surface area contributed by atoms with E-state index < -0.39 is 0 Å². The molecule has 62 heavy (non-hydrogen) atoms. The van der Waals surface area contributed by atoms with Gasteiger partial charge in [-0.05, 0) is 100 Å². The van der Waals surface area contributed by atoms with Crippen molar-refractivity contribution in [3.8, 4) is 0 Å². The van der Waals surface area contributed by atoms with Gasteiger partial charge in [0, 0.05) is 55.5 Å². The first-order valence-electron chi connectivity index (χ1n) is 18.4. The Labute approximate surface area is 397 Å². The maximum Gasteiger partial charge on any atom is 0.273 e. The van der Waals surface area contributed by atoms with Gasteiger partial charge in [-0.25, -0.2) is 0 Å². The molecule has 0 unspecified atom stereocenters. The molecule has 0 N–H and O–H groups in total. The minimum absolute atomic E-state index is 0.0796. The van der Waals surface area contributed by atoms with Crippen LogP contribution in [0.1, 0.15) is 0 Å². The number of thiophene rings is 6. The Morgan fingerprint density at radius 2 is 0.806 bits per heavy atom. The summed E-state index contributed by atoms with van der Waals surface area (Å²) in [5.74, 6) is 0. The van der Waals surface area contributed by atoms with Crippen LogP contribution in [0.5, 0.6) is 0 Å². The van der Waals surface area contributed by atoms with Crippen LogP contribution in [0.3, 0.4) is 0 Å². The van der Waals surface area contributed by atoms with Crippen molar-refractivity contribution in [1.82, 2.24) is 27.6 Å². The largest absolute Gasteiger partial charge is 0.274 e. The van der Waals surface area contributed by atoms with Crippen LogP contribution in [0.25, 0.3) is 125 Å². The number of fused-ring (bicyclic) bond motifs is 16. The van der Waals surface area contributed by atoms with E-state index >= 15 is 0 Å². The molecule has 16 rings (SSSR count). The second kappa shape index (κ2) is 11.9. The van der Waals surface area contributed by atoms with Crippen molar-refractivity contribution in [3.63, 3.8) is 0 Å². The molecule has 296 valence electrons. The smallest absolute Gasteiger partial charge is 0.273 e. The summed E-state index contributed by atoms with van der Waals surface area (Å²) in [6, 6.07) is 12.1. The fourth-order valence-corrected chi connectivity index (χ4v) is 18.3. The first kappa shape index (κ1) is 36.2. The predicted octanol–water partition coefficient (Wildman–Crippen LogP) is 13.3. The standard InChI is InChI=1S/2C21H5Br2N3O2S3/c22-13-3-8-11(29-13)1-7-6-5-24-17-10-2-12-9(4-14(23)30-12)26(10)21(28)19-16(17)15(6)18(31-19)20(27)25(7)8;22-7-4-29-11-1-9-6-3-24-15-10-2-12-17(8(23)5-30-12)26(10)21(28)19-14(15)13(6)18(31-19)20(27)25(9)16(7)11/h2*1-5H. The molecule has 0 radical (unpaired) electrons. The van der Waals surface area contributed by atoms with Gasteiger partial charge in [0.05, 0.1) is 90.5 Å². The van der Waals surface area contributed by atoms with Crippen molar-refractivity contribution >= 4 is 257 Å². The first-order valence-corrected chi connectivity index (χ1v) is 26.5. The van der Waals surface area contributed by atoms with Crippen molar-refractivity contribution < 1.29 is 0 Å². The van der Waals surface area contributed by atoms with E-state index in [1.165, 1.54) is 22.7 Å². The molecule has 0 aliphatic heterocycles. The fourth-order valence-electron chi connectivity index (χ4n) is 9.60. The number of halogens is 4. The van der Waals surface area contributed by atoms with Gasteiger partial charge < -0.3 is 0 Å². The van der Waals surface area contributed by atoms with Gasteiger partial charge in [-0.1, -0.05) is 0 Å². The average molecular weight is 1170 g/mol. The highest BCUT2D eigenvalue weighted by molar-refractivity contribution is 9.11. The molecule has 0 amide bonds. The number of aromatic nitrogens is 6. The zero-order valence-corrected chi connectivity index (χ0v) is 41.3. The van der Waals surface area contributed by atoms with Crippen molar-refractivity contribution in [2.75, 3.05) is 0 Å². The van der Waals surface area contributed by atoms with Crippen LogP contribution in [0.4, 0.5) is 0 Å². The SMILES string of the molecule is O=c1c2sc3c(=O)n4c(cc5scc(Br)c54)c4ncc(c2c34)c2cc3scc(Br)c3n12.O=c1c2sc3c(=O)n4c5cc(Br)sc5cc4c4ncc(c2c34)c2cc3sc(Br)cc3n12. The zero-order chi connectivity index (χ0) is 41.5. The number of hydrogen-bond acceptors (Lipinski definition) is 12. The molecule has 0 atom stereocenters. The van der Waals surface area contributed by atoms with Gasteiger partial charge in [0.1, 0.15) is 18.8 Å². The van der Waals surface area contributed by atoms with E-state index in [-0.39, 0.29) is 22.2 Å². The zero-order valence-electron chi connectivity index (χ0n) is 30.1. The van der Waals surface area contributed by atoms with Gasteiger partial charge in [-0.2, -0.15) is 0 Å². The summed E-state index contributed by atoms with van der Waals surface area (Å²) in [4.78, 5) is 64.1. The summed E-state index contributed by atoms with van der Waals surface area (Å²) in [5, 5.41) is 9.12. The van der Waals surface area contributed by atoms with Crippen molar-refractivity contribution in [2.24, 2.45) is 0 Å². The number of hydrogen-bond donors (Lipinski definition) is 0. The Balaban J connectivity index is 0.000000116. The summed E-state index contributed by atoms with van der Waals surface area (Å²) in [7, 11) is 0. The lowest BCUT2D eigenvalue weighted by atomic mass is 10.1. The third-order valence-electron chi connectivity index (χ3n) is 12.0. The Kier molecular flexibility index (Phi) is 6.95. The number of nitrogens with zero attached hydrogens (tertiary/aromatic N) is 6. The molecule has 0 aliphatic carbocycles. The fraction of sp³-hybridized carbons (Fsp3) is 0. The van der Waals surface area contributed by atoms with E-state index in [9.17, 15) is 19.2 Å². The molecule has 0 bridgehead atoms. The molecule has 10 nitrogen and oxygen atoms in total. The molecule has 0 spiro atoms. The highest BCUT2D eigenvalue weighted by Gasteiger charge is 2.28. The molecular weight excluding hydrogens is 1160 g/mol. The summed E-state index contributed by atoms with van der Waals surface area (Å²) in [5.41, 5.74) is 7.92. The Morgan fingerprint density at radius 1 is 0.419 bits per heavy atom. The van der Waals surface area contributed by atoms with Crippen LogP contribution in [-0.2, 0) is 0 Å². The first-order chi connectivity index (χ1) is 30.0. The molecule has 0 aliphatic rings. The van der Waals surface area contributed by atoms with Crippen molar-refractivity contribution in [2.45, 2.75) is 0 Å². The van der Waals surface area contributed by atoms with Gasteiger partial charge in [0.25, 0.3) is 22.2 Å². The van der Waals surface area contributed by atoms with Crippen LogP contribution < -0.4 is 22.2 Å². The van der Waals surface area contributed by atoms with Gasteiger partial charge in [-0.15, -0.1) is 68.0 Å². The van der Waals surface area contributed by atoms with Crippen molar-refractivity contribution in [3.05, 3.63) is 117 Å². The lowest BCUT2D eigenvalue weighted by Gasteiger charge is -2.06. The Hall–Kier alpha value is -4.22. The third-order valence-corrected chi connectivity index (χ3v) is 21.1. The maximum absolute atomic E-state index is 13.6. The second-order valence-electron chi connectivity index (χ2n) is 14.9. The van der Waals surface area contributed by atoms with E-state index in [2.05, 4.69) is 63.7 Å². The van der Waals surface area contributed by atoms with Gasteiger partial charge in [0.15, 0.2) is 0 Å². The summed E-state index contributed by atoms with van der Waals surface area (Å²) >= 11 is 23.2. The summed E-state index contributed by atoms with van der Waals surface area (Å²) < 4.78 is 17.3. The highest BCUT2D eigenvalue weighted by atomic mass is 79.9. The molecule has 16 aromatic rings. The number of rotatable bonds is 0. The molecule has 16 aromatic heterocycles. The molecule has 16 heterocycles. The quantitative estimate of drug-likeness (QED) is 0.140. The minimum atomic E-state index is -0.0990. The van der Waals surface area contributed by atoms with E-state index in [0.717, 1.165) is 123 Å². The maximum atomic E-state index is 13.6. The van der Waals surface area contributed by atoms with Crippen LogP contribution in [0.15, 0.2) is 95.2 Å². The van der Waals surface area contributed by atoms with E-state index in [4.69, 9.17) is 9.97 Å². The van der Waals surface area contributed by atoms with E-state index in [1.54, 1.807) is 62.9 Å². The highest BCUT2D eigenvalue weighted by Crippen LogP contribution is 2.45. The van der Waals surface area contributed by atoms with Crippen LogP contribution in [0, 0.1) is 0 Å². The van der Waals surface area contributed by atoms with E-state index in [1.807, 2.05) is 59.6 Å². The monoisotopic (exact) mass is 1170 g/mol. The van der Waals surface area contributed by atoms with Crippen LogP contribution >= 0.6 is 132 Å². The van der Waals surface area contributed by atoms with E-state index in [0.29, 0.717) is 18.8 Å². The van der Waals surface area contributed by atoms with Crippen LogP contribution in [-0.4, -0.2) is 27.6 Å². The summed E-state index contributed by atoms with van der Waals surface area (Å²) in [6.07, 6.45) is 3.70. The number of pyridine rings is 6. The normalized spacial score (nSPS) is 13.1. The lowest BCUT2D eigenvalue weighted by molar-refractivity contribution is 1.20. The Bertz CT molecular complexity index is 4680. The van der Waals surface area contributed by atoms with Gasteiger partial charge in [-0.3, -0.25) is 46.7 Å². The van der Waals surface area contributed by atoms with Crippen LogP contribution in [0.2, 0.25) is 0 Å². The second-order valence-corrected chi connectivity index (χ2v) is 25.4. The van der Waals surface area contributed by atoms with Crippen molar-refractivity contribution in [1.29, 1.82) is 0 Å². The average Bonchev–Trinajstić information content (AvgIpc) is 4.10. The molecule has 0 saturated heterocycles. The lowest BCUT2D eigenvalue weighted by Crippen LogP contribution is -2.12. The summed E-state index contributed by atoms with van der Waals surface area (Å²) in [6.45, 7) is 0. The van der Waals surface area contributed by atoms with Gasteiger partial charge in [0.2, 0.25) is 0 Å². The van der Waals surface area contributed by atoms with Gasteiger partial charge >= 0.3 is 0 Å². The molecular formula is C42H10Br4N6O4S6. The minimum Gasteiger partial charge on any atom is -0.274 e. The topological polar surface area (TPSA) is 112 Å². The predicted molar refractivity (Wildman–Crippen MR) is 275 cm³/mol. The molecule has 0 saturated carbocycles. The molecule has 0 fully saturated rings.